The van der Waals surface area contributed by atoms with Gasteiger partial charge >= 0.3 is 17.9 Å². The lowest BCUT2D eigenvalue weighted by molar-refractivity contribution is -0.154. The van der Waals surface area contributed by atoms with E-state index in [1.807, 2.05) is 36.4 Å². The quantitative estimate of drug-likeness (QED) is 0.0195. The molecule has 3 aromatic carbocycles. The minimum atomic E-state index is -0.458. The summed E-state index contributed by atoms with van der Waals surface area (Å²) in [5.41, 5.74) is 3.00. The molecular weight excluding hydrogens is 769 g/mol. The predicted molar refractivity (Wildman–Crippen MR) is 232 cm³/mol. The summed E-state index contributed by atoms with van der Waals surface area (Å²) in [6.07, 6.45) is 8.38. The van der Waals surface area contributed by atoms with Crippen molar-refractivity contribution < 1.29 is 57.0 Å². The molecule has 0 aromatic heterocycles. The normalized spacial score (nSPS) is 10.8. The molecule has 0 aliphatic carbocycles. The first-order chi connectivity index (χ1) is 29.2. The van der Waals surface area contributed by atoms with Gasteiger partial charge in [0, 0.05) is 26.2 Å². The van der Waals surface area contributed by atoms with Gasteiger partial charge < -0.3 is 42.6 Å². The lowest BCUT2D eigenvalue weighted by Gasteiger charge is -2.19. The van der Waals surface area contributed by atoms with Crippen LogP contribution in [0, 0.1) is 0 Å². The Hall–Kier alpha value is -5.43. The van der Waals surface area contributed by atoms with E-state index >= 15 is 0 Å². The number of ether oxygens (including phenoxy) is 9. The maximum absolute atomic E-state index is 11.7. The largest absolute Gasteiger partial charge is 0.494 e. The second-order valence-electron chi connectivity index (χ2n) is 13.8. The standard InChI is InChI=1S/C48H62O12/c1-36(46(49)52-4)39-16-22-42(23-17-39)56-30-11-7-10-29-55-35-28-45(59-33-14-8-12-31-57-43-24-18-40(19-25-43)37(2)47(50)53-5)60-34-15-9-13-32-58-44-26-20-41(21-27-44)38(3)48(51)54-6/h16-27,45H,1-3,7-15,28-35H2,4-6H3. The van der Waals surface area contributed by atoms with Gasteiger partial charge in [-0.15, -0.1) is 0 Å². The first-order valence-electron chi connectivity index (χ1n) is 20.5. The molecule has 0 radical (unpaired) electrons. The van der Waals surface area contributed by atoms with Gasteiger partial charge in [-0.1, -0.05) is 56.1 Å². The molecule has 0 unspecified atom stereocenters. The summed E-state index contributed by atoms with van der Waals surface area (Å²) in [6.45, 7) is 15.4. The van der Waals surface area contributed by atoms with Crippen LogP contribution >= 0.6 is 0 Å². The number of esters is 3. The van der Waals surface area contributed by atoms with Crippen LogP contribution < -0.4 is 14.2 Å². The number of rotatable bonds is 32. The summed E-state index contributed by atoms with van der Waals surface area (Å²) in [5.74, 6) is 0.822. The van der Waals surface area contributed by atoms with E-state index in [2.05, 4.69) is 19.7 Å². The van der Waals surface area contributed by atoms with Gasteiger partial charge in [0.2, 0.25) is 0 Å². The smallest absolute Gasteiger partial charge is 0.337 e. The number of carbonyl (C=O) groups is 3. The number of hydrogen-bond donors (Lipinski definition) is 0. The molecule has 60 heavy (non-hydrogen) atoms. The number of hydrogen-bond acceptors (Lipinski definition) is 12. The molecule has 12 nitrogen and oxygen atoms in total. The highest BCUT2D eigenvalue weighted by atomic mass is 16.7. The molecule has 326 valence electrons. The topological polar surface area (TPSA) is 134 Å². The molecule has 0 fully saturated rings. The van der Waals surface area contributed by atoms with Gasteiger partial charge in [0.15, 0.2) is 6.29 Å². The Balaban J connectivity index is 1.31. The molecule has 3 aromatic rings. The molecule has 12 heteroatoms. The van der Waals surface area contributed by atoms with Crippen molar-refractivity contribution in [1.29, 1.82) is 0 Å². The van der Waals surface area contributed by atoms with Crippen LogP contribution in [-0.4, -0.2) is 91.8 Å². The van der Waals surface area contributed by atoms with Crippen LogP contribution in [0.15, 0.2) is 92.5 Å². The van der Waals surface area contributed by atoms with E-state index in [0.29, 0.717) is 86.1 Å². The highest BCUT2D eigenvalue weighted by Gasteiger charge is 2.13. The Kier molecular flexibility index (Phi) is 23.6. The second kappa shape index (κ2) is 28.9. The van der Waals surface area contributed by atoms with Gasteiger partial charge in [-0.25, -0.2) is 14.4 Å². The summed E-state index contributed by atoms with van der Waals surface area (Å²) >= 11 is 0. The Morgan fingerprint density at radius 3 is 1.03 bits per heavy atom. The van der Waals surface area contributed by atoms with Crippen LogP contribution in [0.1, 0.15) is 80.9 Å². The average molecular weight is 831 g/mol. The van der Waals surface area contributed by atoms with Gasteiger partial charge in [0.1, 0.15) is 17.2 Å². The Labute approximate surface area is 355 Å². The molecule has 0 amide bonds. The minimum absolute atomic E-state index is 0.304. The van der Waals surface area contributed by atoms with Gasteiger partial charge in [0.05, 0.1) is 64.5 Å². The van der Waals surface area contributed by atoms with Gasteiger partial charge in [0.25, 0.3) is 0 Å². The molecule has 3 rings (SSSR count). The van der Waals surface area contributed by atoms with Crippen LogP contribution in [0.25, 0.3) is 16.7 Å². The van der Waals surface area contributed by atoms with Crippen molar-refractivity contribution in [2.45, 2.75) is 70.5 Å². The van der Waals surface area contributed by atoms with E-state index in [4.69, 9.17) is 42.6 Å². The van der Waals surface area contributed by atoms with Crippen molar-refractivity contribution in [3.05, 3.63) is 109 Å². The van der Waals surface area contributed by atoms with Crippen molar-refractivity contribution in [3.8, 4) is 17.2 Å². The molecule has 0 aliphatic rings. The van der Waals surface area contributed by atoms with Crippen molar-refractivity contribution in [1.82, 2.24) is 0 Å². The Morgan fingerprint density at radius 1 is 0.417 bits per heavy atom. The summed E-state index contributed by atoms with van der Waals surface area (Å²) in [7, 11) is 4.00. The molecule has 0 spiro atoms. The fourth-order valence-electron chi connectivity index (χ4n) is 5.72. The molecule has 0 saturated heterocycles. The van der Waals surface area contributed by atoms with Crippen LogP contribution in [0.2, 0.25) is 0 Å². The fraction of sp³-hybridized carbons (Fsp3) is 0.438. The Morgan fingerprint density at radius 2 is 0.717 bits per heavy atom. The van der Waals surface area contributed by atoms with E-state index in [-0.39, 0.29) is 6.29 Å². The lowest BCUT2D eigenvalue weighted by Crippen LogP contribution is -2.21. The van der Waals surface area contributed by atoms with Crippen LogP contribution in [0.3, 0.4) is 0 Å². The predicted octanol–water partition coefficient (Wildman–Crippen LogP) is 9.06. The SMILES string of the molecule is C=C(C(=O)OC)c1ccc(OCCCCCOCCC(OCCCCCOc2ccc(C(=C)C(=O)OC)cc2)OCCCCCOc2ccc(C(=C)C(=O)OC)cc2)cc1. The summed E-state index contributed by atoms with van der Waals surface area (Å²) < 4.78 is 50.0. The summed E-state index contributed by atoms with van der Waals surface area (Å²) in [6, 6.07) is 21.7. The van der Waals surface area contributed by atoms with Gasteiger partial charge in [-0.05, 0) is 111 Å². The first kappa shape index (κ1) is 48.9. The van der Waals surface area contributed by atoms with Crippen LogP contribution in [-0.2, 0) is 42.8 Å². The molecule has 0 saturated carbocycles. The van der Waals surface area contributed by atoms with Crippen molar-refractivity contribution >= 4 is 34.6 Å². The zero-order chi connectivity index (χ0) is 43.4. The highest BCUT2D eigenvalue weighted by Crippen LogP contribution is 2.21. The highest BCUT2D eigenvalue weighted by molar-refractivity contribution is 6.16. The zero-order valence-corrected chi connectivity index (χ0v) is 35.5. The molecule has 0 bridgehead atoms. The number of unbranched alkanes of at least 4 members (excludes halogenated alkanes) is 6. The monoisotopic (exact) mass is 830 g/mol. The molecule has 0 atom stereocenters. The maximum Gasteiger partial charge on any atom is 0.337 e. The van der Waals surface area contributed by atoms with Crippen LogP contribution in [0.4, 0.5) is 0 Å². The fourth-order valence-corrected chi connectivity index (χ4v) is 5.72. The molecule has 0 aliphatic heterocycles. The third-order valence-corrected chi connectivity index (χ3v) is 9.33. The lowest BCUT2D eigenvalue weighted by atomic mass is 10.1. The number of methoxy groups -OCH3 is 3. The summed E-state index contributed by atoms with van der Waals surface area (Å²) in [5, 5.41) is 0. The Bertz CT molecular complexity index is 1660. The maximum atomic E-state index is 11.7. The summed E-state index contributed by atoms with van der Waals surface area (Å²) in [4.78, 5) is 35.1. The van der Waals surface area contributed by atoms with Crippen LogP contribution in [0.5, 0.6) is 17.2 Å². The zero-order valence-electron chi connectivity index (χ0n) is 35.5. The van der Waals surface area contributed by atoms with E-state index in [1.165, 1.54) is 21.3 Å². The number of benzene rings is 3. The second-order valence-corrected chi connectivity index (χ2v) is 13.8. The van der Waals surface area contributed by atoms with Crippen molar-refractivity contribution in [3.63, 3.8) is 0 Å². The van der Waals surface area contributed by atoms with E-state index < -0.39 is 17.9 Å². The van der Waals surface area contributed by atoms with E-state index in [9.17, 15) is 14.4 Å². The van der Waals surface area contributed by atoms with Crippen molar-refractivity contribution in [2.24, 2.45) is 0 Å². The minimum Gasteiger partial charge on any atom is -0.494 e. The van der Waals surface area contributed by atoms with E-state index in [1.54, 1.807) is 36.4 Å². The van der Waals surface area contributed by atoms with Gasteiger partial charge in [-0.3, -0.25) is 0 Å². The average Bonchev–Trinajstić information content (AvgIpc) is 3.28. The molecule has 0 N–H and O–H groups in total. The number of carbonyl (C=O) groups excluding carboxylic acids is 3. The third-order valence-electron chi connectivity index (χ3n) is 9.33. The van der Waals surface area contributed by atoms with Gasteiger partial charge in [-0.2, -0.15) is 0 Å². The van der Waals surface area contributed by atoms with Crippen molar-refractivity contribution in [2.75, 3.05) is 67.6 Å². The third kappa shape index (κ3) is 18.7. The molecule has 0 heterocycles. The first-order valence-corrected chi connectivity index (χ1v) is 20.5. The molecular formula is C48H62O12. The van der Waals surface area contributed by atoms with E-state index in [0.717, 1.165) is 75.0 Å².